The Morgan fingerprint density at radius 3 is 2.43 bits per heavy atom. The molecule has 0 fully saturated rings. The van der Waals surface area contributed by atoms with E-state index in [9.17, 15) is 23.3 Å². The number of nitrogens with zero attached hydrogens (tertiary/aromatic N) is 1. The minimum atomic E-state index is -4.40. The second kappa shape index (κ2) is 6.37. The van der Waals surface area contributed by atoms with E-state index in [1.165, 1.54) is 19.9 Å². The van der Waals surface area contributed by atoms with Gasteiger partial charge in [0.15, 0.2) is 4.90 Å². The lowest BCUT2D eigenvalue weighted by Crippen LogP contribution is -2.44. The van der Waals surface area contributed by atoms with Gasteiger partial charge in [0.2, 0.25) is 10.0 Å². The molecule has 0 aliphatic rings. The maximum absolute atomic E-state index is 12.2. The minimum Gasteiger partial charge on any atom is -0.480 e. The van der Waals surface area contributed by atoms with Gasteiger partial charge in [0.25, 0.3) is 5.69 Å². The van der Waals surface area contributed by atoms with Gasteiger partial charge in [-0.05, 0) is 18.1 Å². The zero-order valence-corrected chi connectivity index (χ0v) is 12.7. The summed E-state index contributed by atoms with van der Waals surface area (Å²) >= 11 is 5.66. The minimum absolute atomic E-state index is 0.0163. The van der Waals surface area contributed by atoms with Crippen LogP contribution in [0.4, 0.5) is 5.69 Å². The Morgan fingerprint density at radius 2 is 2.00 bits per heavy atom. The average Bonchev–Trinajstić information content (AvgIpc) is 2.34. The van der Waals surface area contributed by atoms with Gasteiger partial charge >= 0.3 is 5.97 Å². The number of hydrogen-bond donors (Lipinski definition) is 2. The normalized spacial score (nSPS) is 13.1. The fourth-order valence-corrected chi connectivity index (χ4v) is 3.33. The largest absolute Gasteiger partial charge is 0.480 e. The summed E-state index contributed by atoms with van der Waals surface area (Å²) in [7, 11) is -4.40. The molecule has 0 saturated heterocycles. The third kappa shape index (κ3) is 4.13. The highest BCUT2D eigenvalue weighted by Gasteiger charge is 2.32. The molecule has 0 radical (unpaired) electrons. The van der Waals surface area contributed by atoms with E-state index in [1.54, 1.807) is 0 Å². The Hall–Kier alpha value is -1.71. The quantitative estimate of drug-likeness (QED) is 0.600. The molecule has 1 rings (SSSR count). The molecule has 0 aliphatic heterocycles. The summed E-state index contributed by atoms with van der Waals surface area (Å²) in [4.78, 5) is 20.4. The van der Waals surface area contributed by atoms with Gasteiger partial charge in [0, 0.05) is 11.1 Å². The molecule has 1 atom stereocenters. The Bertz CT molecular complexity index is 673. The summed E-state index contributed by atoms with van der Waals surface area (Å²) in [5, 5.41) is 19.9. The van der Waals surface area contributed by atoms with Crippen LogP contribution in [0.1, 0.15) is 13.8 Å². The number of halogens is 1. The van der Waals surface area contributed by atoms with Gasteiger partial charge in [-0.25, -0.2) is 8.42 Å². The van der Waals surface area contributed by atoms with Crippen molar-refractivity contribution in [2.75, 3.05) is 0 Å². The third-order valence-corrected chi connectivity index (χ3v) is 4.33. The van der Waals surface area contributed by atoms with Crippen molar-refractivity contribution in [1.82, 2.24) is 4.72 Å². The van der Waals surface area contributed by atoms with E-state index in [1.807, 2.05) is 4.72 Å². The summed E-state index contributed by atoms with van der Waals surface area (Å²) in [6.45, 7) is 3.02. The number of sulfonamides is 1. The predicted molar refractivity (Wildman–Crippen MR) is 74.7 cm³/mol. The van der Waals surface area contributed by atoms with Gasteiger partial charge in [0.05, 0.1) is 4.92 Å². The highest BCUT2D eigenvalue weighted by molar-refractivity contribution is 7.89. The van der Waals surface area contributed by atoms with Crippen LogP contribution >= 0.6 is 11.6 Å². The van der Waals surface area contributed by atoms with E-state index in [0.717, 1.165) is 12.1 Å². The maximum Gasteiger partial charge on any atom is 0.322 e. The van der Waals surface area contributed by atoms with Gasteiger partial charge in [0.1, 0.15) is 6.04 Å². The number of carboxylic acid groups (broad SMARTS) is 1. The molecule has 0 spiro atoms. The Balaban J connectivity index is 3.34. The molecular formula is C11H13ClN2O6S. The molecule has 21 heavy (non-hydrogen) atoms. The van der Waals surface area contributed by atoms with Crippen LogP contribution in [0.2, 0.25) is 5.02 Å². The molecule has 0 amide bonds. The van der Waals surface area contributed by atoms with Gasteiger partial charge in [-0.1, -0.05) is 25.4 Å². The van der Waals surface area contributed by atoms with Crippen LogP contribution in [0, 0.1) is 16.0 Å². The van der Waals surface area contributed by atoms with Crippen LogP contribution in [0.5, 0.6) is 0 Å². The molecule has 0 bridgehead atoms. The lowest BCUT2D eigenvalue weighted by atomic mass is 10.1. The number of rotatable bonds is 6. The fourth-order valence-electron chi connectivity index (χ4n) is 1.56. The van der Waals surface area contributed by atoms with Crippen LogP contribution in [-0.4, -0.2) is 30.5 Å². The van der Waals surface area contributed by atoms with Crippen molar-refractivity contribution in [3.05, 3.63) is 33.3 Å². The van der Waals surface area contributed by atoms with Crippen LogP contribution in [0.3, 0.4) is 0 Å². The van der Waals surface area contributed by atoms with Crippen LogP contribution in [0.25, 0.3) is 0 Å². The number of benzene rings is 1. The van der Waals surface area contributed by atoms with Crippen LogP contribution in [-0.2, 0) is 14.8 Å². The van der Waals surface area contributed by atoms with Crippen molar-refractivity contribution in [2.24, 2.45) is 5.92 Å². The average molecular weight is 337 g/mol. The van der Waals surface area contributed by atoms with Crippen molar-refractivity contribution in [1.29, 1.82) is 0 Å². The second-order valence-corrected chi connectivity index (χ2v) is 6.67. The number of nitro groups is 1. The number of carbonyl (C=O) groups is 1. The van der Waals surface area contributed by atoms with Gasteiger partial charge in [-0.2, -0.15) is 4.72 Å². The third-order valence-electron chi connectivity index (χ3n) is 2.62. The lowest BCUT2D eigenvalue weighted by Gasteiger charge is -2.18. The molecule has 8 nitrogen and oxygen atoms in total. The van der Waals surface area contributed by atoms with E-state index in [4.69, 9.17) is 16.7 Å². The lowest BCUT2D eigenvalue weighted by molar-refractivity contribution is -0.387. The first kappa shape index (κ1) is 17.3. The van der Waals surface area contributed by atoms with Crippen LogP contribution in [0.15, 0.2) is 23.1 Å². The summed E-state index contributed by atoms with van der Waals surface area (Å²) in [6, 6.07) is 1.62. The fraction of sp³-hybridized carbons (Fsp3) is 0.364. The highest BCUT2D eigenvalue weighted by atomic mass is 35.5. The van der Waals surface area contributed by atoms with Crippen molar-refractivity contribution < 1.29 is 23.2 Å². The molecule has 0 saturated carbocycles. The SMILES string of the molecule is CC(C)C(NS(=O)(=O)c1cc(Cl)ccc1[N+](=O)[O-])C(=O)O. The van der Waals surface area contributed by atoms with Crippen molar-refractivity contribution in [3.8, 4) is 0 Å². The first-order chi connectivity index (χ1) is 9.56. The van der Waals surface area contributed by atoms with Gasteiger partial charge in [-0.3, -0.25) is 14.9 Å². The molecule has 1 unspecified atom stereocenters. The Morgan fingerprint density at radius 1 is 1.43 bits per heavy atom. The molecular weight excluding hydrogens is 324 g/mol. The van der Waals surface area contributed by atoms with Gasteiger partial charge in [-0.15, -0.1) is 0 Å². The molecule has 1 aromatic rings. The first-order valence-corrected chi connectivity index (χ1v) is 7.61. The van der Waals surface area contributed by atoms with Crippen molar-refractivity contribution in [3.63, 3.8) is 0 Å². The van der Waals surface area contributed by atoms with E-state index in [0.29, 0.717) is 0 Å². The Labute approximate surface area is 125 Å². The standard InChI is InChI=1S/C11H13ClN2O6S/c1-6(2)10(11(15)16)13-21(19,20)9-5-7(12)3-4-8(9)14(17)18/h3-6,10,13H,1-2H3,(H,15,16). The molecule has 1 aromatic carbocycles. The van der Waals surface area contributed by atoms with E-state index < -0.39 is 43.5 Å². The number of nitro benzene ring substituents is 1. The zero-order chi connectivity index (χ0) is 16.4. The van der Waals surface area contributed by atoms with E-state index >= 15 is 0 Å². The molecule has 0 aromatic heterocycles. The van der Waals surface area contributed by atoms with E-state index in [-0.39, 0.29) is 5.02 Å². The van der Waals surface area contributed by atoms with Crippen molar-refractivity contribution >= 4 is 33.3 Å². The number of carboxylic acids is 1. The summed E-state index contributed by atoms with van der Waals surface area (Å²) < 4.78 is 26.3. The monoisotopic (exact) mass is 336 g/mol. The van der Waals surface area contributed by atoms with Crippen molar-refractivity contribution in [2.45, 2.75) is 24.8 Å². The van der Waals surface area contributed by atoms with E-state index in [2.05, 4.69) is 0 Å². The number of aliphatic carboxylic acids is 1. The Kier molecular flexibility index (Phi) is 5.26. The maximum atomic E-state index is 12.2. The zero-order valence-electron chi connectivity index (χ0n) is 11.1. The summed E-state index contributed by atoms with van der Waals surface area (Å²) in [5.41, 5.74) is -0.681. The molecule has 0 heterocycles. The predicted octanol–water partition coefficient (Wildman–Crippen LogP) is 1.64. The second-order valence-electron chi connectivity index (χ2n) is 4.55. The first-order valence-electron chi connectivity index (χ1n) is 5.75. The van der Waals surface area contributed by atoms with Crippen LogP contribution < -0.4 is 4.72 Å². The van der Waals surface area contributed by atoms with Gasteiger partial charge < -0.3 is 5.11 Å². The highest BCUT2D eigenvalue weighted by Crippen LogP contribution is 2.27. The molecule has 2 N–H and O–H groups in total. The summed E-state index contributed by atoms with van der Waals surface area (Å²) in [6.07, 6.45) is 0. The number of nitrogens with one attached hydrogen (secondary N) is 1. The molecule has 116 valence electrons. The smallest absolute Gasteiger partial charge is 0.322 e. The summed E-state index contributed by atoms with van der Waals surface area (Å²) in [5.74, 6) is -1.92. The molecule has 0 aliphatic carbocycles. The number of hydrogen-bond acceptors (Lipinski definition) is 5. The topological polar surface area (TPSA) is 127 Å². The molecule has 10 heteroatoms.